The van der Waals surface area contributed by atoms with Crippen LogP contribution in [-0.4, -0.2) is 23.4 Å². The molecule has 0 bridgehead atoms. The van der Waals surface area contributed by atoms with Gasteiger partial charge in [0.05, 0.1) is 5.92 Å². The minimum absolute atomic E-state index is 0.0916. The van der Waals surface area contributed by atoms with Gasteiger partial charge in [-0.2, -0.15) is 0 Å². The number of amides is 1. The Morgan fingerprint density at radius 3 is 2.16 bits per heavy atom. The van der Waals surface area contributed by atoms with Crippen molar-refractivity contribution in [3.05, 3.63) is 35.9 Å². The summed E-state index contributed by atoms with van der Waals surface area (Å²) in [5.41, 5.74) is 6.92. The number of benzene rings is 1. The lowest BCUT2D eigenvalue weighted by Crippen LogP contribution is -2.44. The highest BCUT2D eigenvalue weighted by Crippen LogP contribution is 2.17. The molecule has 0 heterocycles. The van der Waals surface area contributed by atoms with Gasteiger partial charge in [-0.1, -0.05) is 44.2 Å². The average Bonchev–Trinajstić information content (AvgIpc) is 2.37. The molecule has 1 rings (SSSR count). The Bertz CT molecular complexity index is 387. The molecule has 0 saturated heterocycles. The van der Waals surface area contributed by atoms with Crippen LogP contribution in [0.3, 0.4) is 0 Å². The molecule has 0 aliphatic carbocycles. The molecule has 2 N–H and O–H groups in total. The summed E-state index contributed by atoms with van der Waals surface area (Å²) in [5.74, 6) is 0.344. The van der Waals surface area contributed by atoms with Crippen molar-refractivity contribution in [1.82, 2.24) is 4.90 Å². The average molecular weight is 262 g/mol. The van der Waals surface area contributed by atoms with Gasteiger partial charge in [0, 0.05) is 19.1 Å². The van der Waals surface area contributed by atoms with E-state index >= 15 is 0 Å². The molecule has 3 nitrogen and oxygen atoms in total. The molecule has 1 aromatic rings. The lowest BCUT2D eigenvalue weighted by molar-refractivity contribution is -0.139. The SMILES string of the molecule is CC(C)C(CN)C(=O)N(Cc1ccccc1)C(C)C. The molecule has 0 fully saturated rings. The van der Waals surface area contributed by atoms with Crippen LogP contribution in [0.1, 0.15) is 33.3 Å². The number of nitrogens with zero attached hydrogens (tertiary/aromatic N) is 1. The summed E-state index contributed by atoms with van der Waals surface area (Å²) in [6.45, 7) is 9.27. The topological polar surface area (TPSA) is 46.3 Å². The van der Waals surface area contributed by atoms with Crippen molar-refractivity contribution in [1.29, 1.82) is 0 Å². The van der Waals surface area contributed by atoms with Crippen molar-refractivity contribution in [2.24, 2.45) is 17.6 Å². The van der Waals surface area contributed by atoms with Gasteiger partial charge >= 0.3 is 0 Å². The third kappa shape index (κ3) is 4.35. The lowest BCUT2D eigenvalue weighted by Gasteiger charge is -2.32. The van der Waals surface area contributed by atoms with E-state index in [4.69, 9.17) is 5.73 Å². The van der Waals surface area contributed by atoms with Crippen LogP contribution in [0, 0.1) is 11.8 Å². The summed E-state index contributed by atoms with van der Waals surface area (Å²) in [7, 11) is 0. The zero-order valence-corrected chi connectivity index (χ0v) is 12.5. The fraction of sp³-hybridized carbons (Fsp3) is 0.562. The molecule has 3 heteroatoms. The molecular formula is C16H26N2O. The molecule has 0 saturated carbocycles. The van der Waals surface area contributed by atoms with Crippen molar-refractivity contribution >= 4 is 5.91 Å². The first-order valence-corrected chi connectivity index (χ1v) is 7.01. The second-order valence-corrected chi connectivity index (χ2v) is 5.63. The minimum atomic E-state index is -0.0916. The first-order chi connectivity index (χ1) is 8.97. The van der Waals surface area contributed by atoms with Crippen LogP contribution in [0.25, 0.3) is 0 Å². The maximum atomic E-state index is 12.6. The first-order valence-electron chi connectivity index (χ1n) is 7.01. The summed E-state index contributed by atoms with van der Waals surface area (Å²) < 4.78 is 0. The van der Waals surface area contributed by atoms with Gasteiger partial charge in [0.25, 0.3) is 0 Å². The van der Waals surface area contributed by atoms with Crippen molar-refractivity contribution in [2.75, 3.05) is 6.54 Å². The molecular weight excluding hydrogens is 236 g/mol. The summed E-state index contributed by atoms with van der Waals surface area (Å²) >= 11 is 0. The van der Waals surface area contributed by atoms with Gasteiger partial charge in [0.2, 0.25) is 5.91 Å². The maximum absolute atomic E-state index is 12.6. The number of carbonyl (C=O) groups excluding carboxylic acids is 1. The predicted molar refractivity (Wildman–Crippen MR) is 79.5 cm³/mol. The maximum Gasteiger partial charge on any atom is 0.227 e. The third-order valence-corrected chi connectivity index (χ3v) is 3.48. The standard InChI is InChI=1S/C16H26N2O/c1-12(2)15(10-17)16(19)18(13(3)4)11-14-8-6-5-7-9-14/h5-9,12-13,15H,10-11,17H2,1-4H3. The van der Waals surface area contributed by atoms with E-state index in [2.05, 4.69) is 39.8 Å². The number of nitrogens with two attached hydrogens (primary N) is 1. The largest absolute Gasteiger partial charge is 0.336 e. The second kappa shape index (κ2) is 7.29. The molecule has 0 aliphatic rings. The molecule has 0 radical (unpaired) electrons. The van der Waals surface area contributed by atoms with Crippen LogP contribution in [0.2, 0.25) is 0 Å². The van der Waals surface area contributed by atoms with E-state index in [1.54, 1.807) is 0 Å². The molecule has 0 spiro atoms. The quantitative estimate of drug-likeness (QED) is 0.856. The summed E-state index contributed by atoms with van der Waals surface area (Å²) in [4.78, 5) is 14.5. The number of hydrogen-bond donors (Lipinski definition) is 1. The molecule has 1 amide bonds. The zero-order chi connectivity index (χ0) is 14.4. The van der Waals surface area contributed by atoms with Gasteiger partial charge in [-0.05, 0) is 25.3 Å². The summed E-state index contributed by atoms with van der Waals surface area (Å²) in [5, 5.41) is 0. The normalized spacial score (nSPS) is 12.8. The van der Waals surface area contributed by atoms with Crippen molar-refractivity contribution in [3.8, 4) is 0 Å². The third-order valence-electron chi connectivity index (χ3n) is 3.48. The van der Waals surface area contributed by atoms with Crippen LogP contribution in [-0.2, 0) is 11.3 Å². The van der Waals surface area contributed by atoms with E-state index in [0.29, 0.717) is 13.1 Å². The monoisotopic (exact) mass is 262 g/mol. The number of rotatable bonds is 6. The van der Waals surface area contributed by atoms with E-state index in [9.17, 15) is 4.79 Å². The zero-order valence-electron chi connectivity index (χ0n) is 12.5. The van der Waals surface area contributed by atoms with Crippen LogP contribution >= 0.6 is 0 Å². The molecule has 106 valence electrons. The van der Waals surface area contributed by atoms with Crippen molar-refractivity contribution in [2.45, 2.75) is 40.3 Å². The Morgan fingerprint density at radius 1 is 1.16 bits per heavy atom. The second-order valence-electron chi connectivity index (χ2n) is 5.63. The fourth-order valence-electron chi connectivity index (χ4n) is 2.17. The highest BCUT2D eigenvalue weighted by Gasteiger charge is 2.27. The van der Waals surface area contributed by atoms with E-state index in [1.165, 1.54) is 0 Å². The van der Waals surface area contributed by atoms with E-state index in [0.717, 1.165) is 5.56 Å². The van der Waals surface area contributed by atoms with Gasteiger partial charge < -0.3 is 10.6 Å². The smallest absolute Gasteiger partial charge is 0.227 e. The molecule has 0 aliphatic heterocycles. The van der Waals surface area contributed by atoms with Crippen LogP contribution in [0.4, 0.5) is 0 Å². The molecule has 1 unspecified atom stereocenters. The number of hydrogen-bond acceptors (Lipinski definition) is 2. The minimum Gasteiger partial charge on any atom is -0.336 e. The van der Waals surface area contributed by atoms with Gasteiger partial charge in [0.15, 0.2) is 0 Å². The molecule has 0 aromatic heterocycles. The van der Waals surface area contributed by atoms with Crippen LogP contribution < -0.4 is 5.73 Å². The number of carbonyl (C=O) groups is 1. The Labute approximate surface area is 116 Å². The van der Waals surface area contributed by atoms with Gasteiger partial charge in [0.1, 0.15) is 0 Å². The Kier molecular flexibility index (Phi) is 6.03. The van der Waals surface area contributed by atoms with Gasteiger partial charge in [-0.15, -0.1) is 0 Å². The lowest BCUT2D eigenvalue weighted by atomic mass is 9.93. The molecule has 19 heavy (non-hydrogen) atoms. The van der Waals surface area contributed by atoms with Crippen molar-refractivity contribution in [3.63, 3.8) is 0 Å². The summed E-state index contributed by atoms with van der Waals surface area (Å²) in [6.07, 6.45) is 0. The Hall–Kier alpha value is -1.35. The first kappa shape index (κ1) is 15.7. The molecule has 1 atom stereocenters. The van der Waals surface area contributed by atoms with E-state index in [1.807, 2.05) is 23.1 Å². The van der Waals surface area contributed by atoms with Crippen molar-refractivity contribution < 1.29 is 4.79 Å². The Balaban J connectivity index is 2.86. The highest BCUT2D eigenvalue weighted by molar-refractivity contribution is 5.79. The summed E-state index contributed by atoms with van der Waals surface area (Å²) in [6, 6.07) is 10.3. The van der Waals surface area contributed by atoms with Gasteiger partial charge in [-0.3, -0.25) is 4.79 Å². The fourth-order valence-corrected chi connectivity index (χ4v) is 2.17. The highest BCUT2D eigenvalue weighted by atomic mass is 16.2. The molecule has 1 aromatic carbocycles. The van der Waals surface area contributed by atoms with Gasteiger partial charge in [-0.25, -0.2) is 0 Å². The van der Waals surface area contributed by atoms with E-state index in [-0.39, 0.29) is 23.8 Å². The van der Waals surface area contributed by atoms with Crippen LogP contribution in [0.5, 0.6) is 0 Å². The Morgan fingerprint density at radius 2 is 1.74 bits per heavy atom. The predicted octanol–water partition coefficient (Wildman–Crippen LogP) is 2.65. The van der Waals surface area contributed by atoms with E-state index < -0.39 is 0 Å². The van der Waals surface area contributed by atoms with Crippen LogP contribution in [0.15, 0.2) is 30.3 Å².